The molecule has 2 aromatic carbocycles. The fourth-order valence-corrected chi connectivity index (χ4v) is 2.17. The van der Waals surface area contributed by atoms with E-state index >= 15 is 0 Å². The van der Waals surface area contributed by atoms with Crippen LogP contribution < -0.4 is 15.4 Å². The summed E-state index contributed by atoms with van der Waals surface area (Å²) < 4.78 is 5.65. The van der Waals surface area contributed by atoms with E-state index in [9.17, 15) is 9.59 Å². The summed E-state index contributed by atoms with van der Waals surface area (Å²) in [6, 6.07) is 14.6. The Hall–Kier alpha value is -2.82. The number of carbonyl (C=O) groups excluding carboxylic acids is 2. The highest BCUT2D eigenvalue weighted by Crippen LogP contribution is 2.25. The summed E-state index contributed by atoms with van der Waals surface area (Å²) in [7, 11) is 0. The van der Waals surface area contributed by atoms with Crippen LogP contribution in [-0.4, -0.2) is 17.9 Å². The molecule has 0 aliphatic heterocycles. The second kappa shape index (κ2) is 8.15. The number of rotatable bonds is 6. The Morgan fingerprint density at radius 3 is 2.08 bits per heavy atom. The number of aryl methyl sites for hydroxylation is 1. The van der Waals surface area contributed by atoms with Crippen LogP contribution in [0.25, 0.3) is 0 Å². The molecule has 0 saturated heterocycles. The third-order valence-corrected chi connectivity index (χ3v) is 3.26. The zero-order chi connectivity index (χ0) is 17.5. The van der Waals surface area contributed by atoms with Gasteiger partial charge in [0.2, 0.25) is 11.8 Å². The molecule has 2 amide bonds. The molecule has 0 atom stereocenters. The maximum absolute atomic E-state index is 12.1. The molecule has 0 bridgehead atoms. The van der Waals surface area contributed by atoms with Crippen molar-refractivity contribution in [2.75, 3.05) is 10.6 Å². The molecular weight excluding hydrogens is 304 g/mol. The molecule has 2 N–H and O–H groups in total. The molecule has 0 aliphatic carbocycles. The minimum Gasteiger partial charge on any atom is -0.489 e. The quantitative estimate of drug-likeness (QED) is 0.795. The zero-order valence-corrected chi connectivity index (χ0v) is 14.1. The molecule has 0 aliphatic rings. The second-order valence-electron chi connectivity index (χ2n) is 5.75. The van der Waals surface area contributed by atoms with E-state index in [4.69, 9.17) is 4.74 Å². The standard InChI is InChI=1S/C19H22N2O3/c1-13(2)24-17-11-7-6-10-16(17)21-19(23)12-18(22)20-15-9-5-4-8-14(15)3/h4-11,13H,12H2,1-3H3,(H,20,22)(H,21,23). The molecule has 5 nitrogen and oxygen atoms in total. The van der Waals surface area contributed by atoms with Crippen molar-refractivity contribution >= 4 is 23.2 Å². The van der Waals surface area contributed by atoms with Crippen LogP contribution in [0, 0.1) is 6.92 Å². The average molecular weight is 326 g/mol. The first-order valence-corrected chi connectivity index (χ1v) is 7.86. The number of carbonyl (C=O) groups is 2. The number of benzene rings is 2. The molecular formula is C19H22N2O3. The monoisotopic (exact) mass is 326 g/mol. The van der Waals surface area contributed by atoms with Crippen LogP contribution in [0.1, 0.15) is 25.8 Å². The van der Waals surface area contributed by atoms with Crippen LogP contribution >= 0.6 is 0 Å². The van der Waals surface area contributed by atoms with Crippen LogP contribution in [0.4, 0.5) is 11.4 Å². The molecule has 0 fully saturated rings. The van der Waals surface area contributed by atoms with Gasteiger partial charge in [-0.25, -0.2) is 0 Å². The number of ether oxygens (including phenoxy) is 1. The van der Waals surface area contributed by atoms with Gasteiger partial charge in [0.05, 0.1) is 11.8 Å². The lowest BCUT2D eigenvalue weighted by Gasteiger charge is -2.14. The molecule has 0 radical (unpaired) electrons. The van der Waals surface area contributed by atoms with Crippen molar-refractivity contribution in [2.45, 2.75) is 33.3 Å². The topological polar surface area (TPSA) is 67.4 Å². The molecule has 126 valence electrons. The average Bonchev–Trinajstić information content (AvgIpc) is 2.51. The van der Waals surface area contributed by atoms with E-state index in [1.807, 2.05) is 45.0 Å². The summed E-state index contributed by atoms with van der Waals surface area (Å²) in [6.45, 7) is 5.72. The summed E-state index contributed by atoms with van der Waals surface area (Å²) >= 11 is 0. The summed E-state index contributed by atoms with van der Waals surface area (Å²) in [6.07, 6.45) is -0.267. The highest BCUT2D eigenvalue weighted by molar-refractivity contribution is 6.08. The SMILES string of the molecule is Cc1ccccc1NC(=O)CC(=O)Nc1ccccc1OC(C)C. The Kier molecular flexibility index (Phi) is 5.95. The van der Waals surface area contributed by atoms with Crippen molar-refractivity contribution in [3.63, 3.8) is 0 Å². The molecule has 0 heterocycles. The van der Waals surface area contributed by atoms with Crippen LogP contribution in [-0.2, 0) is 9.59 Å². The lowest BCUT2D eigenvalue weighted by molar-refractivity contribution is -0.123. The molecule has 0 aromatic heterocycles. The van der Waals surface area contributed by atoms with Gasteiger partial charge in [-0.05, 0) is 44.5 Å². The number of amides is 2. The van der Waals surface area contributed by atoms with Gasteiger partial charge in [0.25, 0.3) is 0 Å². The normalized spacial score (nSPS) is 10.3. The fraction of sp³-hybridized carbons (Fsp3) is 0.263. The predicted octanol–water partition coefficient (Wildman–Crippen LogP) is 3.75. The summed E-state index contributed by atoms with van der Waals surface area (Å²) in [4.78, 5) is 24.1. The van der Waals surface area contributed by atoms with E-state index < -0.39 is 0 Å². The second-order valence-corrected chi connectivity index (χ2v) is 5.75. The Balaban J connectivity index is 1.96. The lowest BCUT2D eigenvalue weighted by atomic mass is 10.2. The Morgan fingerprint density at radius 1 is 0.917 bits per heavy atom. The summed E-state index contributed by atoms with van der Waals surface area (Å²) in [5.41, 5.74) is 2.21. The molecule has 0 unspecified atom stereocenters. The van der Waals surface area contributed by atoms with Crippen LogP contribution in [0.3, 0.4) is 0 Å². The van der Waals surface area contributed by atoms with Gasteiger partial charge in [-0.15, -0.1) is 0 Å². The largest absolute Gasteiger partial charge is 0.489 e. The highest BCUT2D eigenvalue weighted by atomic mass is 16.5. The van der Waals surface area contributed by atoms with E-state index in [0.717, 1.165) is 5.56 Å². The van der Waals surface area contributed by atoms with E-state index in [1.165, 1.54) is 0 Å². The fourth-order valence-electron chi connectivity index (χ4n) is 2.17. The van der Waals surface area contributed by atoms with Gasteiger partial charge >= 0.3 is 0 Å². The van der Waals surface area contributed by atoms with Crippen LogP contribution in [0.5, 0.6) is 5.75 Å². The van der Waals surface area contributed by atoms with Gasteiger partial charge in [-0.2, -0.15) is 0 Å². The summed E-state index contributed by atoms with van der Waals surface area (Å²) in [5.74, 6) is -0.162. The van der Waals surface area contributed by atoms with Crippen LogP contribution in [0.15, 0.2) is 48.5 Å². The third kappa shape index (κ3) is 5.12. The van der Waals surface area contributed by atoms with Crippen molar-refractivity contribution in [2.24, 2.45) is 0 Å². The van der Waals surface area contributed by atoms with Gasteiger partial charge < -0.3 is 15.4 Å². The van der Waals surface area contributed by atoms with Crippen molar-refractivity contribution in [1.29, 1.82) is 0 Å². The Morgan fingerprint density at radius 2 is 1.46 bits per heavy atom. The van der Waals surface area contributed by atoms with E-state index in [1.54, 1.807) is 24.3 Å². The smallest absolute Gasteiger partial charge is 0.233 e. The van der Waals surface area contributed by atoms with Crippen molar-refractivity contribution in [3.8, 4) is 5.75 Å². The van der Waals surface area contributed by atoms with Crippen molar-refractivity contribution in [1.82, 2.24) is 0 Å². The number of hydrogen-bond acceptors (Lipinski definition) is 3. The minimum atomic E-state index is -0.388. The maximum Gasteiger partial charge on any atom is 0.233 e. The first-order valence-electron chi connectivity index (χ1n) is 7.86. The van der Waals surface area contributed by atoms with Gasteiger partial charge in [0.1, 0.15) is 12.2 Å². The van der Waals surface area contributed by atoms with Crippen molar-refractivity contribution in [3.05, 3.63) is 54.1 Å². The number of anilines is 2. The Bertz CT molecular complexity index is 726. The zero-order valence-electron chi connectivity index (χ0n) is 14.1. The molecule has 24 heavy (non-hydrogen) atoms. The number of para-hydroxylation sites is 3. The number of nitrogens with one attached hydrogen (secondary N) is 2. The molecule has 2 rings (SSSR count). The van der Waals surface area contributed by atoms with Gasteiger partial charge in [0, 0.05) is 5.69 Å². The molecule has 5 heteroatoms. The van der Waals surface area contributed by atoms with Crippen LogP contribution in [0.2, 0.25) is 0 Å². The van der Waals surface area contributed by atoms with Crippen molar-refractivity contribution < 1.29 is 14.3 Å². The molecule has 0 spiro atoms. The molecule has 0 saturated carbocycles. The van der Waals surface area contributed by atoms with Gasteiger partial charge in [-0.3, -0.25) is 9.59 Å². The minimum absolute atomic E-state index is 0.00703. The summed E-state index contributed by atoms with van der Waals surface area (Å²) in [5, 5.41) is 5.47. The third-order valence-electron chi connectivity index (χ3n) is 3.26. The molecule has 2 aromatic rings. The predicted molar refractivity (Wildman–Crippen MR) is 95.3 cm³/mol. The van der Waals surface area contributed by atoms with E-state index in [-0.39, 0.29) is 24.3 Å². The van der Waals surface area contributed by atoms with E-state index in [0.29, 0.717) is 17.1 Å². The van der Waals surface area contributed by atoms with Gasteiger partial charge in [-0.1, -0.05) is 30.3 Å². The Labute approximate surface area is 142 Å². The first kappa shape index (κ1) is 17.5. The first-order chi connectivity index (χ1) is 11.5. The number of hydrogen-bond donors (Lipinski definition) is 2. The maximum atomic E-state index is 12.1. The van der Waals surface area contributed by atoms with Gasteiger partial charge in [0.15, 0.2) is 0 Å². The van der Waals surface area contributed by atoms with E-state index in [2.05, 4.69) is 10.6 Å². The highest BCUT2D eigenvalue weighted by Gasteiger charge is 2.13. The lowest BCUT2D eigenvalue weighted by Crippen LogP contribution is -2.22.